The summed E-state index contributed by atoms with van der Waals surface area (Å²) >= 11 is 5.83. The monoisotopic (exact) mass is 328 g/mol. The van der Waals surface area contributed by atoms with Gasteiger partial charge >= 0.3 is 12.4 Å². The SMILES string of the molecule is O=C1N=C2C=CC(c3cccc(Cl)c3OC(F)(F)F)C=C2N1. The highest BCUT2D eigenvalue weighted by Crippen LogP contribution is 2.39. The van der Waals surface area contributed by atoms with Crippen LogP contribution in [-0.4, -0.2) is 18.1 Å². The molecular weight excluding hydrogens is 321 g/mol. The highest BCUT2D eigenvalue weighted by atomic mass is 35.5. The Kier molecular flexibility index (Phi) is 3.44. The van der Waals surface area contributed by atoms with E-state index in [1.165, 1.54) is 18.2 Å². The van der Waals surface area contributed by atoms with Crippen molar-refractivity contribution in [2.24, 2.45) is 4.99 Å². The van der Waals surface area contributed by atoms with Crippen LogP contribution in [0.1, 0.15) is 11.5 Å². The van der Waals surface area contributed by atoms with E-state index in [2.05, 4.69) is 15.0 Å². The minimum atomic E-state index is -4.85. The molecule has 0 radical (unpaired) electrons. The number of allylic oxidation sites excluding steroid dienone is 3. The molecule has 114 valence electrons. The first kappa shape index (κ1) is 14.6. The molecule has 1 atom stereocenters. The lowest BCUT2D eigenvalue weighted by atomic mass is 9.92. The van der Waals surface area contributed by atoms with E-state index >= 15 is 0 Å². The second kappa shape index (κ2) is 5.17. The summed E-state index contributed by atoms with van der Waals surface area (Å²) in [4.78, 5) is 14.9. The number of halogens is 4. The number of para-hydroxylation sites is 1. The summed E-state index contributed by atoms with van der Waals surface area (Å²) in [5.41, 5.74) is 1.14. The van der Waals surface area contributed by atoms with Crippen molar-refractivity contribution >= 4 is 23.3 Å². The number of hydrogen-bond acceptors (Lipinski definition) is 2. The van der Waals surface area contributed by atoms with Crippen molar-refractivity contribution in [3.05, 3.63) is 52.7 Å². The number of rotatable bonds is 2. The molecule has 1 heterocycles. The Morgan fingerprint density at radius 2 is 2.09 bits per heavy atom. The Balaban J connectivity index is 2.00. The third-order valence-corrected chi connectivity index (χ3v) is 3.42. The molecule has 1 aromatic carbocycles. The summed E-state index contributed by atoms with van der Waals surface area (Å²) in [5, 5.41) is 2.37. The molecule has 2 aliphatic rings. The standard InChI is InChI=1S/C14H8ClF3N2O2/c15-9-3-1-2-8(12(9)22-14(16,17)18)7-4-5-10-11(6-7)20-13(21)19-10/h1-7H,(H,20,21). The van der Waals surface area contributed by atoms with Crippen LogP contribution in [0, 0.1) is 0 Å². The van der Waals surface area contributed by atoms with Crippen LogP contribution in [0.2, 0.25) is 5.02 Å². The van der Waals surface area contributed by atoms with Crippen LogP contribution in [0.4, 0.5) is 18.0 Å². The lowest BCUT2D eigenvalue weighted by molar-refractivity contribution is -0.274. The molecule has 2 amide bonds. The molecule has 4 nitrogen and oxygen atoms in total. The Hall–Kier alpha value is -2.28. The van der Waals surface area contributed by atoms with Crippen molar-refractivity contribution in [3.8, 4) is 5.75 Å². The molecular formula is C14H8ClF3N2O2. The zero-order valence-corrected chi connectivity index (χ0v) is 11.6. The van der Waals surface area contributed by atoms with Crippen LogP contribution in [0.25, 0.3) is 0 Å². The fourth-order valence-corrected chi connectivity index (χ4v) is 2.49. The van der Waals surface area contributed by atoms with Crippen molar-refractivity contribution in [2.45, 2.75) is 12.3 Å². The number of nitrogens with one attached hydrogen (secondary N) is 1. The number of ether oxygens (including phenoxy) is 1. The van der Waals surface area contributed by atoms with Crippen LogP contribution in [0.3, 0.4) is 0 Å². The number of aliphatic imine (C=N–C) groups is 1. The maximum Gasteiger partial charge on any atom is 0.573 e. The molecule has 1 aliphatic heterocycles. The van der Waals surface area contributed by atoms with Crippen LogP contribution in [0.15, 0.2) is 47.1 Å². The summed E-state index contributed by atoms with van der Waals surface area (Å²) in [7, 11) is 0. The topological polar surface area (TPSA) is 50.7 Å². The first-order valence-electron chi connectivity index (χ1n) is 6.18. The van der Waals surface area contributed by atoms with Crippen molar-refractivity contribution in [1.29, 1.82) is 0 Å². The molecule has 0 bridgehead atoms. The van der Waals surface area contributed by atoms with E-state index in [0.717, 1.165) is 0 Å². The number of carbonyl (C=O) groups excluding carboxylic acids is 1. The average Bonchev–Trinajstić information content (AvgIpc) is 2.78. The van der Waals surface area contributed by atoms with Gasteiger partial charge in [-0.3, -0.25) is 0 Å². The van der Waals surface area contributed by atoms with Gasteiger partial charge in [0.25, 0.3) is 0 Å². The quantitative estimate of drug-likeness (QED) is 0.894. The molecule has 1 N–H and O–H groups in total. The normalized spacial score (nSPS) is 20.2. The number of alkyl halides is 3. The van der Waals surface area contributed by atoms with Gasteiger partial charge in [-0.05, 0) is 18.2 Å². The van der Waals surface area contributed by atoms with E-state index in [-0.39, 0.29) is 10.6 Å². The number of benzene rings is 1. The number of urea groups is 1. The predicted octanol–water partition coefficient (Wildman–Crippen LogP) is 3.94. The van der Waals surface area contributed by atoms with Crippen LogP contribution in [-0.2, 0) is 0 Å². The van der Waals surface area contributed by atoms with E-state index in [1.807, 2.05) is 0 Å². The third-order valence-electron chi connectivity index (χ3n) is 3.12. The second-order valence-corrected chi connectivity index (χ2v) is 5.01. The summed E-state index contributed by atoms with van der Waals surface area (Å²) in [6, 6.07) is 3.82. The summed E-state index contributed by atoms with van der Waals surface area (Å²) in [6.45, 7) is 0. The largest absolute Gasteiger partial charge is 0.573 e. The minimum Gasteiger partial charge on any atom is -0.404 e. The van der Waals surface area contributed by atoms with Gasteiger partial charge < -0.3 is 10.1 Å². The fraction of sp³-hybridized carbons (Fsp3) is 0.143. The Morgan fingerprint density at radius 3 is 2.82 bits per heavy atom. The van der Waals surface area contributed by atoms with Gasteiger partial charge in [0.1, 0.15) is 0 Å². The number of nitrogens with zero attached hydrogens (tertiary/aromatic N) is 1. The molecule has 0 saturated heterocycles. The van der Waals surface area contributed by atoms with Gasteiger partial charge in [0.15, 0.2) is 5.75 Å². The van der Waals surface area contributed by atoms with E-state index in [0.29, 0.717) is 11.4 Å². The third kappa shape index (κ3) is 2.85. The van der Waals surface area contributed by atoms with Crippen molar-refractivity contribution in [2.75, 3.05) is 0 Å². The smallest absolute Gasteiger partial charge is 0.404 e. The fourth-order valence-electron chi connectivity index (χ4n) is 2.27. The van der Waals surface area contributed by atoms with E-state index in [9.17, 15) is 18.0 Å². The van der Waals surface area contributed by atoms with Crippen LogP contribution >= 0.6 is 11.6 Å². The minimum absolute atomic E-state index is 0.142. The van der Waals surface area contributed by atoms with E-state index in [4.69, 9.17) is 11.6 Å². The lowest BCUT2D eigenvalue weighted by Crippen LogP contribution is -2.20. The van der Waals surface area contributed by atoms with Gasteiger partial charge in [-0.2, -0.15) is 4.99 Å². The van der Waals surface area contributed by atoms with Crippen molar-refractivity contribution in [1.82, 2.24) is 5.32 Å². The molecule has 1 aliphatic carbocycles. The first-order chi connectivity index (χ1) is 10.3. The van der Waals surface area contributed by atoms with Gasteiger partial charge in [0.05, 0.1) is 16.4 Å². The summed E-state index contributed by atoms with van der Waals surface area (Å²) in [6.07, 6.45) is -0.0637. The number of hydrogen-bond donors (Lipinski definition) is 1. The Morgan fingerprint density at radius 1 is 1.32 bits per heavy atom. The molecule has 22 heavy (non-hydrogen) atoms. The molecule has 1 aromatic rings. The Labute approximate surface area is 127 Å². The van der Waals surface area contributed by atoms with Gasteiger partial charge in [0.2, 0.25) is 0 Å². The zero-order chi connectivity index (χ0) is 15.9. The van der Waals surface area contributed by atoms with Gasteiger partial charge in [-0.1, -0.05) is 29.8 Å². The van der Waals surface area contributed by atoms with Gasteiger partial charge in [-0.15, -0.1) is 13.2 Å². The predicted molar refractivity (Wildman–Crippen MR) is 74.1 cm³/mol. The maximum absolute atomic E-state index is 12.5. The van der Waals surface area contributed by atoms with Gasteiger partial charge in [0, 0.05) is 11.5 Å². The van der Waals surface area contributed by atoms with Crippen molar-refractivity contribution in [3.63, 3.8) is 0 Å². The van der Waals surface area contributed by atoms with Crippen LogP contribution < -0.4 is 10.1 Å². The number of amides is 2. The number of carbonyl (C=O) groups is 1. The molecule has 0 spiro atoms. The highest BCUT2D eigenvalue weighted by molar-refractivity contribution is 6.32. The molecule has 0 fully saturated rings. The van der Waals surface area contributed by atoms with Crippen molar-refractivity contribution < 1.29 is 22.7 Å². The van der Waals surface area contributed by atoms with E-state index < -0.39 is 24.1 Å². The summed E-state index contributed by atoms with van der Waals surface area (Å²) in [5.74, 6) is -0.976. The van der Waals surface area contributed by atoms with Gasteiger partial charge in [-0.25, -0.2) is 4.79 Å². The first-order valence-corrected chi connectivity index (χ1v) is 6.55. The molecule has 0 saturated carbocycles. The number of fused-ring (bicyclic) bond motifs is 1. The molecule has 1 unspecified atom stereocenters. The molecule has 3 rings (SSSR count). The zero-order valence-electron chi connectivity index (χ0n) is 10.8. The average molecular weight is 329 g/mol. The van der Waals surface area contributed by atoms with E-state index in [1.54, 1.807) is 18.2 Å². The summed E-state index contributed by atoms with van der Waals surface area (Å²) < 4.78 is 41.7. The molecule has 8 heteroatoms. The maximum atomic E-state index is 12.5. The van der Waals surface area contributed by atoms with Crippen LogP contribution in [0.5, 0.6) is 5.75 Å². The second-order valence-electron chi connectivity index (χ2n) is 4.60. The highest BCUT2D eigenvalue weighted by Gasteiger charge is 2.34. The lowest BCUT2D eigenvalue weighted by Gasteiger charge is -2.20. The molecule has 0 aromatic heterocycles. The Bertz CT molecular complexity index is 738.